The van der Waals surface area contributed by atoms with E-state index >= 15 is 0 Å². The second-order valence-corrected chi connectivity index (χ2v) is 10.4. The summed E-state index contributed by atoms with van der Waals surface area (Å²) in [6.07, 6.45) is 0. The number of hydrogen-bond donors (Lipinski definition) is 0. The van der Waals surface area contributed by atoms with Gasteiger partial charge in [-0.05, 0) is 37.3 Å². The molecule has 0 spiro atoms. The predicted octanol–water partition coefficient (Wildman–Crippen LogP) is 4.22. The van der Waals surface area contributed by atoms with Gasteiger partial charge in [0.2, 0.25) is 0 Å². The fourth-order valence-electron chi connectivity index (χ4n) is 3.44. The van der Waals surface area contributed by atoms with Crippen LogP contribution in [0.4, 0.5) is 5.69 Å². The van der Waals surface area contributed by atoms with Gasteiger partial charge in [0, 0.05) is 28.3 Å². The summed E-state index contributed by atoms with van der Waals surface area (Å²) >= 11 is 1.64. The minimum Gasteiger partial charge on any atom is -0.495 e. The van der Waals surface area contributed by atoms with Crippen molar-refractivity contribution in [2.45, 2.75) is 28.9 Å². The summed E-state index contributed by atoms with van der Waals surface area (Å²) in [5.41, 5.74) is 1.09. The number of benzene rings is 2. The van der Waals surface area contributed by atoms with Crippen molar-refractivity contribution in [1.82, 2.24) is 5.16 Å². The van der Waals surface area contributed by atoms with Gasteiger partial charge in [0.05, 0.1) is 19.4 Å². The maximum absolute atomic E-state index is 13.8. The van der Waals surface area contributed by atoms with Crippen molar-refractivity contribution in [1.29, 1.82) is 0 Å². The third-order valence-corrected chi connectivity index (χ3v) is 7.85. The largest absolute Gasteiger partial charge is 0.495 e. The van der Waals surface area contributed by atoms with Crippen LogP contribution in [-0.2, 0) is 14.8 Å². The van der Waals surface area contributed by atoms with Crippen molar-refractivity contribution >= 4 is 33.4 Å². The molecular formula is C22H22N2O6S2. The lowest BCUT2D eigenvalue weighted by Gasteiger charge is -2.33. The molecule has 4 rings (SSSR count). The smallest absolute Gasteiger partial charge is 0.360 e. The minimum atomic E-state index is -3.96. The van der Waals surface area contributed by atoms with E-state index in [0.29, 0.717) is 17.8 Å². The molecule has 0 bridgehead atoms. The third-order valence-electron chi connectivity index (χ3n) is 4.90. The van der Waals surface area contributed by atoms with Crippen LogP contribution in [0.25, 0.3) is 11.3 Å². The summed E-state index contributed by atoms with van der Waals surface area (Å²) in [5, 5.41) is 3.81. The number of anilines is 1. The summed E-state index contributed by atoms with van der Waals surface area (Å²) in [7, 11) is -2.54. The molecule has 0 N–H and O–H groups in total. The summed E-state index contributed by atoms with van der Waals surface area (Å²) in [4.78, 5) is 12.8. The first-order chi connectivity index (χ1) is 15.3. The zero-order valence-electron chi connectivity index (χ0n) is 17.8. The molecule has 1 aliphatic rings. The van der Waals surface area contributed by atoms with E-state index in [2.05, 4.69) is 5.16 Å². The van der Waals surface area contributed by atoms with E-state index in [1.807, 2.05) is 25.1 Å². The van der Waals surface area contributed by atoms with E-state index in [0.717, 1.165) is 4.90 Å². The van der Waals surface area contributed by atoms with Crippen molar-refractivity contribution < 1.29 is 27.2 Å². The van der Waals surface area contributed by atoms with Crippen LogP contribution in [0.3, 0.4) is 0 Å². The van der Waals surface area contributed by atoms with Gasteiger partial charge in [0.25, 0.3) is 10.0 Å². The number of rotatable bonds is 6. The molecule has 1 unspecified atom stereocenters. The monoisotopic (exact) mass is 474 g/mol. The van der Waals surface area contributed by atoms with Gasteiger partial charge < -0.3 is 14.0 Å². The summed E-state index contributed by atoms with van der Waals surface area (Å²) in [5.74, 6) is -0.155. The molecule has 2 aromatic carbocycles. The molecule has 168 valence electrons. The molecule has 10 heteroatoms. The highest BCUT2D eigenvalue weighted by atomic mass is 32.2. The Morgan fingerprint density at radius 2 is 2.03 bits per heavy atom. The first kappa shape index (κ1) is 22.2. The number of methoxy groups -OCH3 is 1. The van der Waals surface area contributed by atoms with Crippen LogP contribution in [-0.4, -0.2) is 45.1 Å². The summed E-state index contributed by atoms with van der Waals surface area (Å²) in [6.45, 7) is 4.21. The third kappa shape index (κ3) is 4.07. The predicted molar refractivity (Wildman–Crippen MR) is 121 cm³/mol. The van der Waals surface area contributed by atoms with Gasteiger partial charge in [-0.3, -0.25) is 4.31 Å². The Kier molecular flexibility index (Phi) is 6.16. The molecule has 1 atom stereocenters. The van der Waals surface area contributed by atoms with E-state index in [4.69, 9.17) is 14.0 Å². The van der Waals surface area contributed by atoms with Crippen LogP contribution < -0.4 is 9.04 Å². The molecular weight excluding hydrogens is 452 g/mol. The van der Waals surface area contributed by atoms with Crippen LogP contribution in [0, 0.1) is 0 Å². The number of hydrogen-bond acceptors (Lipinski definition) is 8. The van der Waals surface area contributed by atoms with E-state index in [1.54, 1.807) is 36.9 Å². The SMILES string of the molecule is CCOC(=O)c1cc(-c2ccc(OC)c(S(=O)(=O)N3CC(C)Sc4ccccc43)c2)on1. The lowest BCUT2D eigenvalue weighted by molar-refractivity contribution is 0.0514. The van der Waals surface area contributed by atoms with Crippen LogP contribution >= 0.6 is 11.8 Å². The number of fused-ring (bicyclic) bond motifs is 1. The number of carbonyl (C=O) groups excluding carboxylic acids is 1. The number of sulfonamides is 1. The Balaban J connectivity index is 1.78. The van der Waals surface area contributed by atoms with Crippen molar-refractivity contribution in [3.05, 3.63) is 54.2 Å². The molecule has 1 aromatic heterocycles. The summed E-state index contributed by atoms with van der Waals surface area (Å²) in [6, 6.07) is 13.5. The fourth-order valence-corrected chi connectivity index (χ4v) is 6.46. The zero-order chi connectivity index (χ0) is 22.9. The molecule has 0 aliphatic carbocycles. The standard InChI is InChI=1S/C22H22N2O6S2/c1-4-29-22(25)16-12-19(30-23-16)15-9-10-18(28-3)21(11-15)32(26,27)24-13-14(2)31-20-8-6-5-7-17(20)24/h5-12,14H,4,13H2,1-3H3. The van der Waals surface area contributed by atoms with Gasteiger partial charge in [-0.25, -0.2) is 13.2 Å². The maximum atomic E-state index is 13.8. The van der Waals surface area contributed by atoms with Crippen LogP contribution in [0.2, 0.25) is 0 Å². The lowest BCUT2D eigenvalue weighted by Crippen LogP contribution is -2.38. The summed E-state index contributed by atoms with van der Waals surface area (Å²) < 4.78 is 44.5. The Labute approximate surface area is 190 Å². The van der Waals surface area contributed by atoms with Gasteiger partial charge >= 0.3 is 5.97 Å². The number of esters is 1. The van der Waals surface area contributed by atoms with E-state index < -0.39 is 16.0 Å². The first-order valence-corrected chi connectivity index (χ1v) is 12.3. The van der Waals surface area contributed by atoms with Gasteiger partial charge in [-0.2, -0.15) is 0 Å². The number of aromatic nitrogens is 1. The van der Waals surface area contributed by atoms with Gasteiger partial charge in [0.1, 0.15) is 10.6 Å². The van der Waals surface area contributed by atoms with Crippen LogP contribution in [0.15, 0.2) is 62.8 Å². The molecule has 1 aliphatic heterocycles. The maximum Gasteiger partial charge on any atom is 0.360 e. The highest BCUT2D eigenvalue weighted by Crippen LogP contribution is 2.42. The molecule has 8 nitrogen and oxygen atoms in total. The lowest BCUT2D eigenvalue weighted by atomic mass is 10.1. The Morgan fingerprint density at radius 3 is 2.78 bits per heavy atom. The van der Waals surface area contributed by atoms with Crippen LogP contribution in [0.5, 0.6) is 5.75 Å². The Bertz CT molecular complexity index is 1250. The number of nitrogens with zero attached hydrogens (tertiary/aromatic N) is 2. The second kappa shape index (κ2) is 8.87. The Hall–Kier alpha value is -2.98. The van der Waals surface area contributed by atoms with E-state index in [-0.39, 0.29) is 34.0 Å². The second-order valence-electron chi connectivity index (χ2n) is 7.09. The number of para-hydroxylation sites is 1. The number of carbonyl (C=O) groups is 1. The molecule has 2 heterocycles. The number of thioether (sulfide) groups is 1. The average Bonchev–Trinajstić information content (AvgIpc) is 3.28. The van der Waals surface area contributed by atoms with Gasteiger partial charge in [0.15, 0.2) is 11.5 Å². The van der Waals surface area contributed by atoms with Crippen molar-refractivity contribution in [2.75, 3.05) is 24.6 Å². The normalized spacial score (nSPS) is 15.8. The molecule has 0 saturated carbocycles. The molecule has 0 radical (unpaired) electrons. The van der Waals surface area contributed by atoms with Gasteiger partial charge in [-0.15, -0.1) is 11.8 Å². The van der Waals surface area contributed by atoms with Crippen LogP contribution in [0.1, 0.15) is 24.3 Å². The first-order valence-electron chi connectivity index (χ1n) is 9.95. The molecule has 32 heavy (non-hydrogen) atoms. The van der Waals surface area contributed by atoms with Gasteiger partial charge in [-0.1, -0.05) is 24.2 Å². The topological polar surface area (TPSA) is 98.9 Å². The average molecular weight is 475 g/mol. The minimum absolute atomic E-state index is 0.000452. The molecule has 0 fully saturated rings. The Morgan fingerprint density at radius 1 is 1.25 bits per heavy atom. The molecule has 0 amide bonds. The number of ether oxygens (including phenoxy) is 2. The van der Waals surface area contributed by atoms with E-state index in [1.165, 1.54) is 23.5 Å². The quantitative estimate of drug-likeness (QED) is 0.490. The highest BCUT2D eigenvalue weighted by molar-refractivity contribution is 8.00. The molecule has 0 saturated heterocycles. The van der Waals surface area contributed by atoms with Crippen molar-refractivity contribution in [3.8, 4) is 17.1 Å². The highest BCUT2D eigenvalue weighted by Gasteiger charge is 2.34. The van der Waals surface area contributed by atoms with E-state index in [9.17, 15) is 13.2 Å². The van der Waals surface area contributed by atoms with Crippen molar-refractivity contribution in [3.63, 3.8) is 0 Å². The molecule has 3 aromatic rings. The van der Waals surface area contributed by atoms with Crippen molar-refractivity contribution in [2.24, 2.45) is 0 Å². The fraction of sp³-hybridized carbons (Fsp3) is 0.273. The zero-order valence-corrected chi connectivity index (χ0v) is 19.4.